The minimum absolute atomic E-state index is 0.142. The van der Waals surface area contributed by atoms with Gasteiger partial charge < -0.3 is 15.3 Å². The number of benzene rings is 3. The largest absolute Gasteiger partial charge is 0.338 e. The molecular formula is C34H23N5O4. The maximum Gasteiger partial charge on any atom is 0.221 e. The third-order valence-corrected chi connectivity index (χ3v) is 7.56. The third kappa shape index (κ3) is 4.34. The molecule has 3 aromatic carbocycles. The van der Waals surface area contributed by atoms with Crippen molar-refractivity contribution in [3.63, 3.8) is 0 Å². The lowest BCUT2D eigenvalue weighted by atomic mass is 9.88. The maximum atomic E-state index is 13.1. The van der Waals surface area contributed by atoms with E-state index in [2.05, 4.69) is 31.8 Å². The summed E-state index contributed by atoms with van der Waals surface area (Å²) in [4.78, 5) is 66.3. The number of aromatic amines is 2. The van der Waals surface area contributed by atoms with Gasteiger partial charge in [-0.05, 0) is 22.8 Å². The van der Waals surface area contributed by atoms with Gasteiger partial charge >= 0.3 is 0 Å². The van der Waals surface area contributed by atoms with E-state index >= 15 is 0 Å². The Balaban J connectivity index is 1.16. The van der Waals surface area contributed by atoms with Crippen LogP contribution in [0.15, 0.2) is 79.4 Å². The lowest BCUT2D eigenvalue weighted by Crippen LogP contribution is -2.20. The summed E-state index contributed by atoms with van der Waals surface area (Å²) in [7, 11) is 0. The van der Waals surface area contributed by atoms with Crippen molar-refractivity contribution in [2.45, 2.75) is 13.3 Å². The quantitative estimate of drug-likeness (QED) is 0.276. The molecule has 2 aliphatic rings. The SMILES string of the molecule is C=C1c2ccccc2C(=O)c2nc(/C(=C/c3ccc(Cc4nc5c([nH]4)C(=O)c4ccccc4C5=O)cc3)NC(C)=O)[nH]c21. The lowest BCUT2D eigenvalue weighted by molar-refractivity contribution is -0.117. The molecule has 0 radical (unpaired) electrons. The lowest BCUT2D eigenvalue weighted by Gasteiger charge is -2.15. The number of hydrogen-bond donors (Lipinski definition) is 3. The monoisotopic (exact) mass is 565 g/mol. The first-order chi connectivity index (χ1) is 20.8. The van der Waals surface area contributed by atoms with E-state index in [1.165, 1.54) is 6.92 Å². The van der Waals surface area contributed by atoms with Crippen LogP contribution in [0.5, 0.6) is 0 Å². The maximum absolute atomic E-state index is 13.1. The van der Waals surface area contributed by atoms with Gasteiger partial charge in [0.2, 0.25) is 23.3 Å². The Kier molecular flexibility index (Phi) is 5.95. The summed E-state index contributed by atoms with van der Waals surface area (Å²) in [5.41, 5.74) is 5.87. The number of carbonyl (C=O) groups is 4. The van der Waals surface area contributed by atoms with Crippen LogP contribution in [0.1, 0.15) is 89.1 Å². The van der Waals surface area contributed by atoms with Crippen molar-refractivity contribution in [2.24, 2.45) is 0 Å². The molecule has 3 N–H and O–H groups in total. The number of imidazole rings is 2. The Labute approximate surface area is 245 Å². The highest BCUT2D eigenvalue weighted by atomic mass is 16.2. The van der Waals surface area contributed by atoms with E-state index in [4.69, 9.17) is 0 Å². The zero-order valence-corrected chi connectivity index (χ0v) is 22.9. The van der Waals surface area contributed by atoms with E-state index in [1.807, 2.05) is 36.4 Å². The van der Waals surface area contributed by atoms with Gasteiger partial charge in [0, 0.05) is 35.6 Å². The van der Waals surface area contributed by atoms with E-state index in [-0.39, 0.29) is 40.3 Å². The number of ketones is 3. The number of fused-ring (bicyclic) bond motifs is 4. The van der Waals surface area contributed by atoms with E-state index in [0.29, 0.717) is 51.7 Å². The molecule has 0 bridgehead atoms. The summed E-state index contributed by atoms with van der Waals surface area (Å²) < 4.78 is 0. The number of nitrogens with zero attached hydrogens (tertiary/aromatic N) is 2. The fourth-order valence-electron chi connectivity index (χ4n) is 5.51. The molecule has 0 saturated carbocycles. The summed E-state index contributed by atoms with van der Waals surface area (Å²) in [6.07, 6.45) is 2.14. The van der Waals surface area contributed by atoms with Crippen LogP contribution >= 0.6 is 0 Å². The Bertz CT molecular complexity index is 1970. The van der Waals surface area contributed by atoms with Gasteiger partial charge in [-0.3, -0.25) is 19.2 Å². The zero-order valence-electron chi connectivity index (χ0n) is 22.9. The fraction of sp³-hybridized carbons (Fsp3) is 0.0588. The number of rotatable bonds is 5. The van der Waals surface area contributed by atoms with Crippen LogP contribution in [0.2, 0.25) is 0 Å². The van der Waals surface area contributed by atoms with Gasteiger partial charge in [0.15, 0.2) is 5.82 Å². The van der Waals surface area contributed by atoms with Crippen LogP contribution in [-0.2, 0) is 11.2 Å². The van der Waals surface area contributed by atoms with Crippen LogP contribution in [-0.4, -0.2) is 43.2 Å². The summed E-state index contributed by atoms with van der Waals surface area (Å²) in [5, 5.41) is 2.81. The summed E-state index contributed by atoms with van der Waals surface area (Å²) in [6.45, 7) is 5.56. The van der Waals surface area contributed by atoms with Crippen LogP contribution < -0.4 is 5.32 Å². The fourth-order valence-corrected chi connectivity index (χ4v) is 5.51. The van der Waals surface area contributed by atoms with Crippen LogP contribution in [0, 0.1) is 0 Å². The van der Waals surface area contributed by atoms with E-state index in [1.54, 1.807) is 42.5 Å². The molecular weight excluding hydrogens is 542 g/mol. The molecule has 2 aromatic heterocycles. The topological polar surface area (TPSA) is 138 Å². The van der Waals surface area contributed by atoms with Gasteiger partial charge in [-0.15, -0.1) is 0 Å². The highest BCUT2D eigenvalue weighted by Gasteiger charge is 2.33. The number of amides is 1. The second-order valence-electron chi connectivity index (χ2n) is 10.4. The van der Waals surface area contributed by atoms with Crippen molar-refractivity contribution in [3.05, 3.63) is 147 Å². The normalized spacial score (nSPS) is 13.7. The highest BCUT2D eigenvalue weighted by Crippen LogP contribution is 2.34. The van der Waals surface area contributed by atoms with Crippen molar-refractivity contribution in [2.75, 3.05) is 0 Å². The molecule has 7 rings (SSSR count). The van der Waals surface area contributed by atoms with Crippen molar-refractivity contribution in [3.8, 4) is 0 Å². The second-order valence-corrected chi connectivity index (χ2v) is 10.4. The van der Waals surface area contributed by atoms with Crippen LogP contribution in [0.3, 0.4) is 0 Å². The van der Waals surface area contributed by atoms with Gasteiger partial charge in [0.25, 0.3) is 0 Å². The van der Waals surface area contributed by atoms with E-state index < -0.39 is 0 Å². The second kappa shape index (κ2) is 9.85. The molecule has 0 saturated heterocycles. The molecule has 0 fully saturated rings. The zero-order chi connectivity index (χ0) is 29.8. The minimum Gasteiger partial charge on any atom is -0.338 e. The predicted octanol–water partition coefficient (Wildman–Crippen LogP) is 4.74. The molecule has 9 nitrogen and oxygen atoms in total. The van der Waals surface area contributed by atoms with Gasteiger partial charge in [-0.2, -0.15) is 0 Å². The van der Waals surface area contributed by atoms with Gasteiger partial charge in [0.1, 0.15) is 22.9 Å². The number of nitrogens with one attached hydrogen (secondary N) is 3. The van der Waals surface area contributed by atoms with Gasteiger partial charge in [-0.1, -0.05) is 79.4 Å². The smallest absolute Gasteiger partial charge is 0.221 e. The van der Waals surface area contributed by atoms with E-state index in [9.17, 15) is 19.2 Å². The average Bonchev–Trinajstić information content (AvgIpc) is 3.65. The standard InChI is InChI=1S/C34H23N5O4/c1-17-21-7-3-4-8-22(21)31(41)28-27(17)38-34(39-28)25(35-18(2)40)15-19-11-13-20(14-12-19)16-26-36-29-30(37-26)33(43)24-10-6-5-9-23(24)32(29)42/h3-15H,1,16H2,2H3,(H,35,40)(H,36,37)(H,38,39)/b25-15-. The number of hydrogen-bond acceptors (Lipinski definition) is 6. The molecule has 2 heterocycles. The first kappa shape index (κ1) is 26.0. The number of aromatic nitrogens is 4. The summed E-state index contributed by atoms with van der Waals surface area (Å²) in [6, 6.07) is 21.5. The Morgan fingerprint density at radius 2 is 1.35 bits per heavy atom. The summed E-state index contributed by atoms with van der Waals surface area (Å²) >= 11 is 0. The Morgan fingerprint density at radius 3 is 2.00 bits per heavy atom. The minimum atomic E-state index is -0.293. The first-order valence-corrected chi connectivity index (χ1v) is 13.6. The molecule has 9 heteroatoms. The van der Waals surface area contributed by atoms with Gasteiger partial charge in [0.05, 0.1) is 11.4 Å². The van der Waals surface area contributed by atoms with Crippen molar-refractivity contribution >= 4 is 40.6 Å². The Morgan fingerprint density at radius 1 is 0.767 bits per heavy atom. The molecule has 5 aromatic rings. The highest BCUT2D eigenvalue weighted by molar-refractivity contribution is 6.27. The van der Waals surface area contributed by atoms with E-state index in [0.717, 1.165) is 16.7 Å². The van der Waals surface area contributed by atoms with Crippen LogP contribution in [0.25, 0.3) is 17.3 Å². The molecule has 1 amide bonds. The molecule has 0 unspecified atom stereocenters. The molecule has 0 atom stereocenters. The molecule has 0 aliphatic heterocycles. The number of H-pyrrole nitrogens is 2. The molecule has 208 valence electrons. The summed E-state index contributed by atoms with van der Waals surface area (Å²) in [5.74, 6) is -0.175. The molecule has 2 aliphatic carbocycles. The van der Waals surface area contributed by atoms with Crippen molar-refractivity contribution in [1.82, 2.24) is 25.3 Å². The molecule has 0 spiro atoms. The first-order valence-electron chi connectivity index (χ1n) is 13.6. The van der Waals surface area contributed by atoms with Crippen LogP contribution in [0.4, 0.5) is 0 Å². The Hall–Kier alpha value is -5.96. The third-order valence-electron chi connectivity index (χ3n) is 7.56. The predicted molar refractivity (Wildman–Crippen MR) is 159 cm³/mol. The number of carbonyl (C=O) groups excluding carboxylic acids is 4. The van der Waals surface area contributed by atoms with Crippen molar-refractivity contribution < 1.29 is 19.2 Å². The molecule has 43 heavy (non-hydrogen) atoms. The average molecular weight is 566 g/mol. The van der Waals surface area contributed by atoms with Crippen molar-refractivity contribution in [1.29, 1.82) is 0 Å². The van der Waals surface area contributed by atoms with Gasteiger partial charge in [-0.25, -0.2) is 9.97 Å².